The van der Waals surface area contributed by atoms with Crippen molar-refractivity contribution in [2.75, 3.05) is 11.9 Å². The average Bonchev–Trinajstić information content (AvgIpc) is 2.92. The van der Waals surface area contributed by atoms with Gasteiger partial charge in [0.1, 0.15) is 0 Å². The highest BCUT2D eigenvalue weighted by Gasteiger charge is 2.26. The van der Waals surface area contributed by atoms with E-state index in [4.69, 9.17) is 11.6 Å². The highest BCUT2D eigenvalue weighted by Crippen LogP contribution is 2.31. The van der Waals surface area contributed by atoms with Crippen LogP contribution in [0.3, 0.4) is 0 Å². The molecule has 22 heavy (non-hydrogen) atoms. The zero-order valence-corrected chi connectivity index (χ0v) is 13.1. The summed E-state index contributed by atoms with van der Waals surface area (Å²) >= 11 is 5.87. The molecule has 1 atom stereocenters. The summed E-state index contributed by atoms with van der Waals surface area (Å²) < 4.78 is 0. The monoisotopic (exact) mass is 312 g/mol. The molecule has 1 unspecified atom stereocenters. The quantitative estimate of drug-likeness (QED) is 0.786. The van der Waals surface area contributed by atoms with Crippen molar-refractivity contribution in [2.24, 2.45) is 0 Å². The van der Waals surface area contributed by atoms with Gasteiger partial charge in [0.25, 0.3) is 0 Å². The summed E-state index contributed by atoms with van der Waals surface area (Å²) in [4.78, 5) is 14.4. The van der Waals surface area contributed by atoms with E-state index in [-0.39, 0.29) is 0 Å². The first-order chi connectivity index (χ1) is 10.7. The van der Waals surface area contributed by atoms with Crippen LogP contribution in [0.15, 0.2) is 36.7 Å². The first-order valence-electron chi connectivity index (χ1n) is 7.51. The van der Waals surface area contributed by atoms with E-state index < -0.39 is 0 Å². The second kappa shape index (κ2) is 5.29. The van der Waals surface area contributed by atoms with E-state index in [0.717, 1.165) is 25.2 Å². The van der Waals surface area contributed by atoms with Crippen molar-refractivity contribution in [3.8, 4) is 0 Å². The van der Waals surface area contributed by atoms with Crippen LogP contribution >= 0.6 is 11.6 Å². The fraction of sp³-hybridized carbons (Fsp3) is 0.294. The predicted molar refractivity (Wildman–Crippen MR) is 89.6 cm³/mol. The number of aromatic amines is 1. The number of para-hydroxylation sites is 1. The number of likely N-dealkylation sites (N-methyl/N-ethyl adjacent to an activating group) is 1. The molecule has 0 amide bonds. The van der Waals surface area contributed by atoms with Crippen LogP contribution in [0.5, 0.6) is 0 Å². The summed E-state index contributed by atoms with van der Waals surface area (Å²) in [6.07, 6.45) is 6.48. The number of fused-ring (bicyclic) bond motifs is 3. The van der Waals surface area contributed by atoms with E-state index in [2.05, 4.69) is 51.2 Å². The van der Waals surface area contributed by atoms with Crippen LogP contribution in [0.4, 0.5) is 5.95 Å². The Morgan fingerprint density at radius 3 is 2.82 bits per heavy atom. The lowest BCUT2D eigenvalue weighted by Gasteiger charge is -2.31. The second-order valence-corrected chi connectivity index (χ2v) is 6.27. The maximum atomic E-state index is 5.87. The van der Waals surface area contributed by atoms with Crippen molar-refractivity contribution in [3.05, 3.63) is 52.9 Å². The van der Waals surface area contributed by atoms with Crippen LogP contribution in [-0.4, -0.2) is 28.0 Å². The van der Waals surface area contributed by atoms with E-state index in [1.54, 1.807) is 12.4 Å². The van der Waals surface area contributed by atoms with Crippen molar-refractivity contribution in [1.82, 2.24) is 15.0 Å². The second-order valence-electron chi connectivity index (χ2n) is 5.84. The molecule has 0 radical (unpaired) electrons. The van der Waals surface area contributed by atoms with E-state index in [1.807, 2.05) is 0 Å². The number of halogens is 1. The normalized spacial score (nSPS) is 17.5. The van der Waals surface area contributed by atoms with Gasteiger partial charge in [0.15, 0.2) is 0 Å². The van der Waals surface area contributed by atoms with Gasteiger partial charge in [0, 0.05) is 29.7 Å². The number of nitrogens with one attached hydrogen (secondary N) is 1. The number of nitrogens with zero attached hydrogens (tertiary/aromatic N) is 3. The van der Waals surface area contributed by atoms with Gasteiger partial charge in [-0.2, -0.15) is 0 Å². The number of anilines is 1. The summed E-state index contributed by atoms with van der Waals surface area (Å²) in [5.74, 6) is 0.734. The number of benzene rings is 1. The van der Waals surface area contributed by atoms with Crippen molar-refractivity contribution in [3.63, 3.8) is 0 Å². The topological polar surface area (TPSA) is 44.8 Å². The van der Waals surface area contributed by atoms with Crippen LogP contribution in [0.25, 0.3) is 10.9 Å². The molecule has 0 spiro atoms. The molecule has 1 aliphatic rings. The van der Waals surface area contributed by atoms with Gasteiger partial charge in [-0.05, 0) is 30.9 Å². The molecule has 1 aromatic carbocycles. The van der Waals surface area contributed by atoms with Crippen molar-refractivity contribution in [1.29, 1.82) is 0 Å². The third kappa shape index (κ3) is 2.24. The Morgan fingerprint density at radius 2 is 2.00 bits per heavy atom. The smallest absolute Gasteiger partial charge is 0.225 e. The minimum atomic E-state index is 0.410. The van der Waals surface area contributed by atoms with Crippen LogP contribution in [0, 0.1) is 0 Å². The average molecular weight is 313 g/mol. The van der Waals surface area contributed by atoms with Gasteiger partial charge in [0.2, 0.25) is 5.95 Å². The molecule has 4 rings (SSSR count). The first kappa shape index (κ1) is 13.6. The van der Waals surface area contributed by atoms with Crippen molar-refractivity contribution < 1.29 is 0 Å². The summed E-state index contributed by atoms with van der Waals surface area (Å²) in [7, 11) is 2.06. The number of hydrogen-bond donors (Lipinski definition) is 1. The molecule has 5 heteroatoms. The molecule has 0 saturated carbocycles. The summed E-state index contributed by atoms with van der Waals surface area (Å²) in [6, 6.07) is 8.94. The number of H-pyrrole nitrogens is 1. The van der Waals surface area contributed by atoms with Gasteiger partial charge >= 0.3 is 0 Å². The molecule has 1 N–H and O–H groups in total. The third-order valence-electron chi connectivity index (χ3n) is 4.54. The first-order valence-corrected chi connectivity index (χ1v) is 7.89. The molecule has 0 aliphatic heterocycles. The SMILES string of the molecule is CN(c1ncc(Cl)cn1)C1CCc2[nH]c3ccccc3c2C1. The Morgan fingerprint density at radius 1 is 1.23 bits per heavy atom. The lowest BCUT2D eigenvalue weighted by Crippen LogP contribution is -2.37. The predicted octanol–water partition coefficient (Wildman–Crippen LogP) is 3.61. The van der Waals surface area contributed by atoms with Crippen LogP contribution in [0.1, 0.15) is 17.7 Å². The fourth-order valence-corrected chi connectivity index (χ4v) is 3.43. The molecule has 2 heterocycles. The highest BCUT2D eigenvalue weighted by atomic mass is 35.5. The maximum absolute atomic E-state index is 5.87. The summed E-state index contributed by atoms with van der Waals surface area (Å²) in [5, 5.41) is 1.91. The summed E-state index contributed by atoms with van der Waals surface area (Å²) in [5.41, 5.74) is 4.05. The van der Waals surface area contributed by atoms with Crippen molar-refractivity contribution in [2.45, 2.75) is 25.3 Å². The number of hydrogen-bond acceptors (Lipinski definition) is 3. The van der Waals surface area contributed by atoms with E-state index in [9.17, 15) is 0 Å². The molecule has 2 aromatic heterocycles. The maximum Gasteiger partial charge on any atom is 0.225 e. The molecular weight excluding hydrogens is 296 g/mol. The van der Waals surface area contributed by atoms with Gasteiger partial charge in [-0.25, -0.2) is 9.97 Å². The van der Waals surface area contributed by atoms with Gasteiger partial charge < -0.3 is 9.88 Å². The van der Waals surface area contributed by atoms with E-state index in [1.165, 1.54) is 22.2 Å². The molecule has 112 valence electrons. The molecule has 4 nitrogen and oxygen atoms in total. The van der Waals surface area contributed by atoms with Crippen LogP contribution in [-0.2, 0) is 12.8 Å². The molecule has 3 aromatic rings. The number of aryl methyl sites for hydroxylation is 1. The van der Waals surface area contributed by atoms with Crippen LogP contribution < -0.4 is 4.90 Å². The van der Waals surface area contributed by atoms with E-state index in [0.29, 0.717) is 11.1 Å². The van der Waals surface area contributed by atoms with Gasteiger partial charge in [-0.15, -0.1) is 0 Å². The van der Waals surface area contributed by atoms with E-state index >= 15 is 0 Å². The minimum absolute atomic E-state index is 0.410. The molecular formula is C17H17ClN4. The Hall–Kier alpha value is -2.07. The molecule has 1 aliphatic carbocycles. The Bertz CT molecular complexity index is 809. The Kier molecular flexibility index (Phi) is 3.26. The fourth-order valence-electron chi connectivity index (χ4n) is 3.33. The van der Waals surface area contributed by atoms with Gasteiger partial charge in [-0.3, -0.25) is 0 Å². The lowest BCUT2D eigenvalue weighted by atomic mass is 9.91. The third-order valence-corrected chi connectivity index (χ3v) is 4.73. The van der Waals surface area contributed by atoms with Crippen LogP contribution in [0.2, 0.25) is 5.02 Å². The molecule has 0 bridgehead atoms. The zero-order valence-electron chi connectivity index (χ0n) is 12.4. The Labute approximate surface area is 134 Å². The molecule has 0 fully saturated rings. The highest BCUT2D eigenvalue weighted by molar-refractivity contribution is 6.30. The van der Waals surface area contributed by atoms with Crippen molar-refractivity contribution >= 4 is 28.5 Å². The zero-order chi connectivity index (χ0) is 15.1. The van der Waals surface area contributed by atoms with Gasteiger partial charge in [0.05, 0.1) is 17.4 Å². The number of aromatic nitrogens is 3. The number of rotatable bonds is 2. The largest absolute Gasteiger partial charge is 0.358 e. The minimum Gasteiger partial charge on any atom is -0.358 e. The standard InChI is InChI=1S/C17H17ClN4/c1-22(17-19-9-11(18)10-20-17)12-6-7-16-14(8-12)13-4-2-3-5-15(13)21-16/h2-5,9-10,12,21H,6-8H2,1H3. The molecule has 0 saturated heterocycles. The van der Waals surface area contributed by atoms with Gasteiger partial charge in [-0.1, -0.05) is 29.8 Å². The Balaban J connectivity index is 1.64. The lowest BCUT2D eigenvalue weighted by molar-refractivity contribution is 0.538. The summed E-state index contributed by atoms with van der Waals surface area (Å²) in [6.45, 7) is 0.